The second-order valence-corrected chi connectivity index (χ2v) is 10.9. The van der Waals surface area contributed by atoms with E-state index in [1.54, 1.807) is 0 Å². The number of rotatable bonds is 4. The molecule has 4 rings (SSSR count). The van der Waals surface area contributed by atoms with Gasteiger partial charge in [-0.25, -0.2) is 0 Å². The van der Waals surface area contributed by atoms with Crippen LogP contribution in [0.25, 0.3) is 0 Å². The van der Waals surface area contributed by atoms with Crippen LogP contribution in [0.2, 0.25) is 0 Å². The van der Waals surface area contributed by atoms with Crippen LogP contribution in [0, 0.1) is 13.8 Å². The van der Waals surface area contributed by atoms with Gasteiger partial charge in [-0.1, -0.05) is 56.3 Å². The molecule has 3 nitrogen and oxygen atoms in total. The number of hydrogen-bond acceptors (Lipinski definition) is 2. The van der Waals surface area contributed by atoms with Crippen LogP contribution in [0.15, 0.2) is 84.3 Å². The largest absolute Gasteiger partial charge is 0.347 e. The van der Waals surface area contributed by atoms with Gasteiger partial charge in [0.15, 0.2) is 0 Å². The predicted octanol–water partition coefficient (Wildman–Crippen LogP) is 6.59. The molecule has 0 saturated carbocycles. The lowest BCUT2D eigenvalue weighted by molar-refractivity contribution is 0.587. The number of benzene rings is 3. The lowest BCUT2D eigenvalue weighted by Gasteiger charge is -2.27. The number of likely N-dealkylation sites (N-methyl/N-ethyl adjacent to an activating group) is 1. The van der Waals surface area contributed by atoms with Crippen LogP contribution in [0.1, 0.15) is 30.5 Å². The van der Waals surface area contributed by atoms with E-state index in [0.717, 1.165) is 16.7 Å². The molecule has 3 aromatic carbocycles. The third-order valence-electron chi connectivity index (χ3n) is 6.19. The van der Waals surface area contributed by atoms with E-state index in [1.807, 2.05) is 42.2 Å². The summed E-state index contributed by atoms with van der Waals surface area (Å²) < 4.78 is 14.5. The lowest BCUT2D eigenvalue weighted by Crippen LogP contribution is -2.24. The first-order valence-electron chi connectivity index (χ1n) is 10.3. The monoisotopic (exact) mass is 416 g/mol. The SMILES string of the molecule is Cc1ccc(N[P@@](=O)(/C=C2\N(C)c3ccccc3C2(C)C)c2ccccc2)cc1C. The predicted molar refractivity (Wildman–Crippen MR) is 129 cm³/mol. The Morgan fingerprint density at radius 2 is 1.57 bits per heavy atom. The fraction of sp³-hybridized carbons (Fsp3) is 0.231. The molecule has 1 heterocycles. The number of anilines is 2. The van der Waals surface area contributed by atoms with Crippen molar-refractivity contribution in [2.75, 3.05) is 17.0 Å². The van der Waals surface area contributed by atoms with Crippen molar-refractivity contribution in [3.63, 3.8) is 0 Å². The zero-order valence-corrected chi connectivity index (χ0v) is 19.2. The maximum atomic E-state index is 14.5. The standard InChI is InChI=1S/C26H29N2OP/c1-19-15-16-21(17-20(19)2)27-30(29,22-11-7-6-8-12-22)18-25-26(3,4)23-13-9-10-14-24(23)28(25)5/h6-18H,1-5H3,(H,27,29)/b25-18-/t30-/m1/s1. The normalized spacial score (nSPS) is 18.2. The van der Waals surface area contributed by atoms with Crippen LogP contribution < -0.4 is 15.3 Å². The third kappa shape index (κ3) is 3.48. The van der Waals surface area contributed by atoms with Gasteiger partial charge in [-0.05, 0) is 60.9 Å². The van der Waals surface area contributed by atoms with E-state index in [9.17, 15) is 4.57 Å². The average Bonchev–Trinajstić information content (AvgIpc) is 2.92. The Morgan fingerprint density at radius 1 is 0.900 bits per heavy atom. The van der Waals surface area contributed by atoms with Crippen molar-refractivity contribution in [3.8, 4) is 0 Å². The summed E-state index contributed by atoms with van der Waals surface area (Å²) in [7, 11) is -1.02. The molecule has 4 heteroatoms. The van der Waals surface area contributed by atoms with Gasteiger partial charge in [0, 0.05) is 40.7 Å². The Labute approximate surface area is 179 Å². The van der Waals surface area contributed by atoms with Crippen molar-refractivity contribution in [2.45, 2.75) is 33.1 Å². The van der Waals surface area contributed by atoms with E-state index in [4.69, 9.17) is 0 Å². The molecule has 1 aliphatic rings. The highest BCUT2D eigenvalue weighted by atomic mass is 31.2. The maximum Gasteiger partial charge on any atom is 0.221 e. The molecular formula is C26H29N2OP. The van der Waals surface area contributed by atoms with E-state index >= 15 is 0 Å². The fourth-order valence-corrected chi connectivity index (χ4v) is 6.55. The molecule has 0 saturated heterocycles. The summed E-state index contributed by atoms with van der Waals surface area (Å²) in [4.78, 5) is 2.17. The smallest absolute Gasteiger partial charge is 0.221 e. The molecule has 0 aromatic heterocycles. The molecule has 0 aliphatic carbocycles. The summed E-state index contributed by atoms with van der Waals surface area (Å²) in [6, 6.07) is 24.3. The van der Waals surface area contributed by atoms with Crippen LogP contribution in [-0.2, 0) is 9.98 Å². The summed E-state index contributed by atoms with van der Waals surface area (Å²) >= 11 is 0. The van der Waals surface area contributed by atoms with E-state index in [-0.39, 0.29) is 5.41 Å². The molecule has 1 aliphatic heterocycles. The van der Waals surface area contributed by atoms with Crippen LogP contribution in [-0.4, -0.2) is 7.05 Å². The summed E-state index contributed by atoms with van der Waals surface area (Å²) in [5.41, 5.74) is 6.51. The molecule has 154 valence electrons. The number of fused-ring (bicyclic) bond motifs is 1. The van der Waals surface area contributed by atoms with Crippen molar-refractivity contribution in [3.05, 3.63) is 101 Å². The molecule has 30 heavy (non-hydrogen) atoms. The average molecular weight is 417 g/mol. The number of nitrogens with zero attached hydrogens (tertiary/aromatic N) is 1. The Balaban J connectivity index is 1.85. The highest BCUT2D eigenvalue weighted by Crippen LogP contribution is 2.54. The molecular weight excluding hydrogens is 387 g/mol. The van der Waals surface area contributed by atoms with Crippen LogP contribution in [0.4, 0.5) is 11.4 Å². The van der Waals surface area contributed by atoms with Crippen molar-refractivity contribution in [1.29, 1.82) is 0 Å². The zero-order valence-electron chi connectivity index (χ0n) is 18.3. The van der Waals surface area contributed by atoms with Crippen molar-refractivity contribution in [2.24, 2.45) is 0 Å². The highest BCUT2D eigenvalue weighted by Gasteiger charge is 2.40. The Morgan fingerprint density at radius 3 is 2.23 bits per heavy atom. The van der Waals surface area contributed by atoms with Crippen molar-refractivity contribution >= 4 is 24.0 Å². The molecule has 1 atom stereocenters. The number of nitrogens with one attached hydrogen (secondary N) is 1. The topological polar surface area (TPSA) is 32.3 Å². The fourth-order valence-electron chi connectivity index (χ4n) is 4.23. The van der Waals surface area contributed by atoms with Crippen LogP contribution in [0.5, 0.6) is 0 Å². The molecule has 0 bridgehead atoms. The maximum absolute atomic E-state index is 14.5. The number of para-hydroxylation sites is 1. The minimum atomic E-state index is -3.08. The van der Waals surface area contributed by atoms with E-state index in [0.29, 0.717) is 0 Å². The van der Waals surface area contributed by atoms with E-state index in [1.165, 1.54) is 22.4 Å². The van der Waals surface area contributed by atoms with Gasteiger partial charge in [0.25, 0.3) is 0 Å². The Kier molecular flexibility index (Phi) is 5.11. The third-order valence-corrected chi connectivity index (χ3v) is 8.45. The van der Waals surface area contributed by atoms with Gasteiger partial charge < -0.3 is 9.99 Å². The molecule has 0 amide bonds. The van der Waals surface area contributed by atoms with Crippen molar-refractivity contribution in [1.82, 2.24) is 0 Å². The molecule has 0 radical (unpaired) electrons. The summed E-state index contributed by atoms with van der Waals surface area (Å²) in [5, 5.41) is 4.21. The van der Waals surface area contributed by atoms with Gasteiger partial charge in [0.1, 0.15) is 0 Å². The van der Waals surface area contributed by atoms with Gasteiger partial charge >= 0.3 is 0 Å². The summed E-state index contributed by atoms with van der Waals surface area (Å²) in [6.07, 6.45) is 0. The first kappa shape index (κ1) is 20.5. The minimum Gasteiger partial charge on any atom is -0.347 e. The minimum absolute atomic E-state index is 0.235. The van der Waals surface area contributed by atoms with Crippen LogP contribution >= 0.6 is 7.29 Å². The number of allylic oxidation sites excluding steroid dienone is 1. The van der Waals surface area contributed by atoms with Gasteiger partial charge in [0.05, 0.1) is 0 Å². The summed E-state index contributed by atoms with van der Waals surface area (Å²) in [6.45, 7) is 8.57. The molecule has 0 spiro atoms. The van der Waals surface area contributed by atoms with E-state index in [2.05, 4.69) is 81.1 Å². The van der Waals surface area contributed by atoms with Crippen LogP contribution in [0.3, 0.4) is 0 Å². The molecule has 0 unspecified atom stereocenters. The van der Waals surface area contributed by atoms with E-state index < -0.39 is 7.29 Å². The first-order chi connectivity index (χ1) is 14.2. The second-order valence-electron chi connectivity index (χ2n) is 8.62. The Hall–Kier alpha value is -2.77. The van der Waals surface area contributed by atoms with Gasteiger partial charge in [-0.2, -0.15) is 0 Å². The lowest BCUT2D eigenvalue weighted by atomic mass is 9.84. The molecule has 0 fully saturated rings. The van der Waals surface area contributed by atoms with Gasteiger partial charge in [0.2, 0.25) is 7.29 Å². The molecule has 3 aromatic rings. The molecule has 1 N–H and O–H groups in total. The van der Waals surface area contributed by atoms with Crippen molar-refractivity contribution < 1.29 is 4.57 Å². The zero-order chi connectivity index (χ0) is 21.5. The van der Waals surface area contributed by atoms with Gasteiger partial charge in [-0.15, -0.1) is 0 Å². The quantitative estimate of drug-likeness (QED) is 0.487. The second kappa shape index (κ2) is 7.49. The highest BCUT2D eigenvalue weighted by molar-refractivity contribution is 7.75. The number of hydrogen-bond donors (Lipinski definition) is 1. The number of aryl methyl sites for hydroxylation is 2. The first-order valence-corrected chi connectivity index (χ1v) is 12.1. The van der Waals surface area contributed by atoms with Gasteiger partial charge in [-0.3, -0.25) is 4.57 Å². The summed E-state index contributed by atoms with van der Waals surface area (Å²) in [5.74, 6) is 1.97. The Bertz CT molecular complexity index is 1160.